The summed E-state index contributed by atoms with van der Waals surface area (Å²) in [7, 11) is 0. The fraction of sp³-hybridized carbons (Fsp3) is 0.611. The number of rotatable bonds is 4. The summed E-state index contributed by atoms with van der Waals surface area (Å²) in [6.07, 6.45) is 3.62. The summed E-state index contributed by atoms with van der Waals surface area (Å²) in [6, 6.07) is 8.81. The number of hydrogen-bond acceptors (Lipinski definition) is 2. The van der Waals surface area contributed by atoms with Gasteiger partial charge in [0.05, 0.1) is 5.75 Å². The lowest BCUT2D eigenvalue weighted by Crippen LogP contribution is -2.36. The van der Waals surface area contributed by atoms with E-state index in [1.807, 2.05) is 4.90 Å². The Morgan fingerprint density at radius 1 is 1.10 bits per heavy atom. The lowest BCUT2D eigenvalue weighted by atomic mass is 9.87. The summed E-state index contributed by atoms with van der Waals surface area (Å²) in [5.74, 6) is 1.84. The van der Waals surface area contributed by atoms with Crippen molar-refractivity contribution in [3.8, 4) is 0 Å². The van der Waals surface area contributed by atoms with E-state index in [1.165, 1.54) is 30.4 Å². The quantitative estimate of drug-likeness (QED) is 0.829. The van der Waals surface area contributed by atoms with Gasteiger partial charge in [-0.1, -0.05) is 45.0 Å². The molecule has 0 radical (unpaired) electrons. The fourth-order valence-electron chi connectivity index (χ4n) is 2.59. The Morgan fingerprint density at radius 3 is 2.29 bits per heavy atom. The molecule has 1 amide bonds. The van der Waals surface area contributed by atoms with Crippen LogP contribution in [0.25, 0.3) is 0 Å². The van der Waals surface area contributed by atoms with Crippen LogP contribution in [0.3, 0.4) is 0 Å². The first-order chi connectivity index (χ1) is 9.97. The van der Waals surface area contributed by atoms with Gasteiger partial charge in [0, 0.05) is 18.8 Å². The highest BCUT2D eigenvalue weighted by molar-refractivity contribution is 7.99. The molecule has 0 aliphatic carbocycles. The van der Waals surface area contributed by atoms with Crippen molar-refractivity contribution in [3.63, 3.8) is 0 Å². The van der Waals surface area contributed by atoms with E-state index >= 15 is 0 Å². The zero-order chi connectivity index (χ0) is 15.3. The predicted octanol–water partition coefficient (Wildman–Crippen LogP) is 4.23. The van der Waals surface area contributed by atoms with Crippen molar-refractivity contribution in [3.05, 3.63) is 35.4 Å². The largest absolute Gasteiger partial charge is 0.342 e. The molecule has 0 spiro atoms. The highest BCUT2D eigenvalue weighted by atomic mass is 32.2. The third kappa shape index (κ3) is 5.06. The maximum absolute atomic E-state index is 12.1. The molecule has 3 heteroatoms. The number of carbonyl (C=O) groups is 1. The smallest absolute Gasteiger partial charge is 0.232 e. The Morgan fingerprint density at radius 2 is 1.71 bits per heavy atom. The maximum atomic E-state index is 12.1. The van der Waals surface area contributed by atoms with Gasteiger partial charge in [-0.05, 0) is 35.8 Å². The van der Waals surface area contributed by atoms with Crippen LogP contribution >= 0.6 is 11.8 Å². The van der Waals surface area contributed by atoms with Crippen molar-refractivity contribution in [2.75, 3.05) is 18.8 Å². The zero-order valence-electron chi connectivity index (χ0n) is 13.5. The summed E-state index contributed by atoms with van der Waals surface area (Å²) < 4.78 is 0. The number of likely N-dealkylation sites (tertiary alicyclic amines) is 1. The molecule has 0 aromatic heterocycles. The molecule has 1 aromatic rings. The van der Waals surface area contributed by atoms with Crippen LogP contribution in [0.15, 0.2) is 24.3 Å². The van der Waals surface area contributed by atoms with Gasteiger partial charge in [-0.15, -0.1) is 11.8 Å². The molecule has 0 saturated carbocycles. The minimum Gasteiger partial charge on any atom is -0.342 e. The highest BCUT2D eigenvalue weighted by Gasteiger charge is 2.16. The summed E-state index contributed by atoms with van der Waals surface area (Å²) in [5.41, 5.74) is 2.87. The number of piperidine rings is 1. The molecule has 1 saturated heterocycles. The molecule has 1 fully saturated rings. The number of amides is 1. The van der Waals surface area contributed by atoms with Crippen LogP contribution in [0.1, 0.15) is 51.2 Å². The SMILES string of the molecule is CC(C)(C)c1ccc(CSCC(=O)N2CCCCC2)cc1. The lowest BCUT2D eigenvalue weighted by Gasteiger charge is -2.26. The number of hydrogen-bond donors (Lipinski definition) is 0. The molecule has 2 nitrogen and oxygen atoms in total. The zero-order valence-corrected chi connectivity index (χ0v) is 14.3. The molecule has 1 aromatic carbocycles. The van der Waals surface area contributed by atoms with Gasteiger partial charge in [0.25, 0.3) is 0 Å². The predicted molar refractivity (Wildman–Crippen MR) is 91.7 cm³/mol. The lowest BCUT2D eigenvalue weighted by molar-refractivity contribution is -0.129. The second kappa shape index (κ2) is 7.35. The summed E-state index contributed by atoms with van der Waals surface area (Å²) in [4.78, 5) is 14.1. The Labute approximate surface area is 133 Å². The van der Waals surface area contributed by atoms with E-state index in [2.05, 4.69) is 45.0 Å². The van der Waals surface area contributed by atoms with E-state index in [4.69, 9.17) is 0 Å². The number of benzene rings is 1. The van der Waals surface area contributed by atoms with Crippen molar-refractivity contribution in [1.29, 1.82) is 0 Å². The maximum Gasteiger partial charge on any atom is 0.232 e. The molecule has 116 valence electrons. The molecule has 1 heterocycles. The Bertz CT molecular complexity index is 455. The summed E-state index contributed by atoms with van der Waals surface area (Å²) >= 11 is 1.73. The first kappa shape index (κ1) is 16.4. The first-order valence-electron chi connectivity index (χ1n) is 7.92. The van der Waals surface area contributed by atoms with Crippen molar-refractivity contribution < 1.29 is 4.79 Å². The van der Waals surface area contributed by atoms with E-state index < -0.39 is 0 Å². The molecule has 0 unspecified atom stereocenters. The molecule has 2 rings (SSSR count). The van der Waals surface area contributed by atoms with Crippen LogP contribution in [0.5, 0.6) is 0 Å². The minimum atomic E-state index is 0.204. The standard InChI is InChI=1S/C18H27NOS/c1-18(2,3)16-9-7-15(8-10-16)13-21-14-17(20)19-11-5-4-6-12-19/h7-10H,4-6,11-14H2,1-3H3. The molecule has 0 atom stereocenters. The van der Waals surface area contributed by atoms with Crippen LogP contribution < -0.4 is 0 Å². The van der Waals surface area contributed by atoms with Gasteiger partial charge in [0.2, 0.25) is 5.91 Å². The van der Waals surface area contributed by atoms with Gasteiger partial charge in [-0.25, -0.2) is 0 Å². The molecular weight excluding hydrogens is 278 g/mol. The second-order valence-corrected chi connectivity index (χ2v) is 7.87. The van der Waals surface area contributed by atoms with E-state index in [0.29, 0.717) is 11.7 Å². The van der Waals surface area contributed by atoms with Crippen molar-refractivity contribution in [2.45, 2.75) is 51.2 Å². The van der Waals surface area contributed by atoms with E-state index in [-0.39, 0.29) is 5.41 Å². The number of thioether (sulfide) groups is 1. The van der Waals surface area contributed by atoms with Crippen LogP contribution in [0.4, 0.5) is 0 Å². The summed E-state index contributed by atoms with van der Waals surface area (Å²) in [5, 5.41) is 0. The van der Waals surface area contributed by atoms with Crippen LogP contribution in [0.2, 0.25) is 0 Å². The van der Waals surface area contributed by atoms with Crippen molar-refractivity contribution >= 4 is 17.7 Å². The summed E-state index contributed by atoms with van der Waals surface area (Å²) in [6.45, 7) is 8.61. The monoisotopic (exact) mass is 305 g/mol. The molecule has 1 aliphatic rings. The van der Waals surface area contributed by atoms with Gasteiger partial charge in [-0.3, -0.25) is 4.79 Å². The fourth-order valence-corrected chi connectivity index (χ4v) is 3.48. The third-order valence-corrected chi connectivity index (χ3v) is 5.01. The molecular formula is C18H27NOS. The highest BCUT2D eigenvalue weighted by Crippen LogP contribution is 2.23. The van der Waals surface area contributed by atoms with Gasteiger partial charge in [0.1, 0.15) is 0 Å². The van der Waals surface area contributed by atoms with Gasteiger partial charge in [0.15, 0.2) is 0 Å². The molecule has 0 bridgehead atoms. The normalized spacial score (nSPS) is 16.0. The molecule has 1 aliphatic heterocycles. The van der Waals surface area contributed by atoms with Gasteiger partial charge in [-0.2, -0.15) is 0 Å². The number of carbonyl (C=O) groups excluding carboxylic acids is 1. The van der Waals surface area contributed by atoms with Crippen LogP contribution in [0, 0.1) is 0 Å². The van der Waals surface area contributed by atoms with Crippen LogP contribution in [-0.2, 0) is 16.0 Å². The van der Waals surface area contributed by atoms with Crippen molar-refractivity contribution in [1.82, 2.24) is 4.90 Å². The van der Waals surface area contributed by atoms with E-state index in [9.17, 15) is 4.79 Å². The Balaban J connectivity index is 1.76. The second-order valence-electron chi connectivity index (χ2n) is 6.88. The number of nitrogens with zero attached hydrogens (tertiary/aromatic N) is 1. The first-order valence-corrected chi connectivity index (χ1v) is 9.07. The average molecular weight is 305 g/mol. The van der Waals surface area contributed by atoms with Gasteiger partial charge < -0.3 is 4.90 Å². The van der Waals surface area contributed by atoms with E-state index in [1.54, 1.807) is 11.8 Å². The van der Waals surface area contributed by atoms with Gasteiger partial charge >= 0.3 is 0 Å². The van der Waals surface area contributed by atoms with Crippen molar-refractivity contribution in [2.24, 2.45) is 0 Å². The third-order valence-electron chi connectivity index (χ3n) is 4.02. The van der Waals surface area contributed by atoms with Crippen LogP contribution in [-0.4, -0.2) is 29.6 Å². The average Bonchev–Trinajstić information content (AvgIpc) is 2.47. The Kier molecular flexibility index (Phi) is 5.74. The van der Waals surface area contributed by atoms with E-state index in [0.717, 1.165) is 18.8 Å². The Hall–Kier alpha value is -0.960. The molecule has 21 heavy (non-hydrogen) atoms. The topological polar surface area (TPSA) is 20.3 Å². The molecule has 0 N–H and O–H groups in total. The minimum absolute atomic E-state index is 0.204.